The van der Waals surface area contributed by atoms with Crippen molar-refractivity contribution in [1.82, 2.24) is 4.98 Å². The van der Waals surface area contributed by atoms with Crippen LogP contribution in [-0.4, -0.2) is 10.9 Å². The van der Waals surface area contributed by atoms with Gasteiger partial charge in [-0.25, -0.2) is 4.98 Å². The van der Waals surface area contributed by atoms with Crippen LogP contribution in [0.5, 0.6) is 0 Å². The van der Waals surface area contributed by atoms with Crippen molar-refractivity contribution in [2.24, 2.45) is 0 Å². The molecule has 1 heterocycles. The van der Waals surface area contributed by atoms with Gasteiger partial charge in [0.1, 0.15) is 0 Å². The summed E-state index contributed by atoms with van der Waals surface area (Å²) in [6, 6.07) is 6.01. The third-order valence-corrected chi connectivity index (χ3v) is 3.79. The van der Waals surface area contributed by atoms with Crippen molar-refractivity contribution < 1.29 is 4.79 Å². The van der Waals surface area contributed by atoms with E-state index in [1.54, 1.807) is 11.6 Å². The standard InChI is InChI=1S/C15H18N2OS/c1-10-11(15(2,3)4)6-5-7-12(10)17-13(18)14-16-8-9-19-14/h5-9H,1-4H3,(H,17,18). The highest BCUT2D eigenvalue weighted by molar-refractivity contribution is 7.11. The number of carbonyl (C=O) groups excluding carboxylic acids is 1. The minimum atomic E-state index is -0.149. The molecule has 0 spiro atoms. The molecule has 0 saturated carbocycles. The van der Waals surface area contributed by atoms with Crippen LogP contribution in [0.15, 0.2) is 29.8 Å². The molecule has 4 heteroatoms. The Balaban J connectivity index is 2.29. The maximum Gasteiger partial charge on any atom is 0.284 e. The number of nitrogens with zero attached hydrogens (tertiary/aromatic N) is 1. The molecule has 1 N–H and O–H groups in total. The lowest BCUT2D eigenvalue weighted by Gasteiger charge is -2.23. The smallest absolute Gasteiger partial charge is 0.284 e. The predicted octanol–water partition coefficient (Wildman–Crippen LogP) is 4.00. The molecule has 0 aliphatic carbocycles. The van der Waals surface area contributed by atoms with Crippen molar-refractivity contribution in [3.8, 4) is 0 Å². The zero-order valence-corrected chi connectivity index (χ0v) is 12.5. The van der Waals surface area contributed by atoms with Crippen LogP contribution in [-0.2, 0) is 5.41 Å². The minimum Gasteiger partial charge on any atom is -0.320 e. The first kappa shape index (κ1) is 13.7. The van der Waals surface area contributed by atoms with Gasteiger partial charge in [0.25, 0.3) is 5.91 Å². The lowest BCUT2D eigenvalue weighted by molar-refractivity contribution is 0.102. The highest BCUT2D eigenvalue weighted by Crippen LogP contribution is 2.29. The molecule has 2 rings (SSSR count). The first-order valence-electron chi connectivity index (χ1n) is 6.20. The molecule has 0 fully saturated rings. The van der Waals surface area contributed by atoms with E-state index in [2.05, 4.69) is 37.1 Å². The SMILES string of the molecule is Cc1c(NC(=O)c2nccs2)cccc1C(C)(C)C. The summed E-state index contributed by atoms with van der Waals surface area (Å²) in [4.78, 5) is 16.0. The highest BCUT2D eigenvalue weighted by atomic mass is 32.1. The fourth-order valence-electron chi connectivity index (χ4n) is 2.09. The highest BCUT2D eigenvalue weighted by Gasteiger charge is 2.18. The van der Waals surface area contributed by atoms with Crippen molar-refractivity contribution in [2.75, 3.05) is 5.32 Å². The van der Waals surface area contributed by atoms with Crippen LogP contribution < -0.4 is 5.32 Å². The van der Waals surface area contributed by atoms with Gasteiger partial charge < -0.3 is 5.32 Å². The lowest BCUT2D eigenvalue weighted by atomic mass is 9.83. The van der Waals surface area contributed by atoms with Crippen molar-refractivity contribution in [3.05, 3.63) is 45.9 Å². The van der Waals surface area contributed by atoms with Crippen molar-refractivity contribution in [3.63, 3.8) is 0 Å². The Morgan fingerprint density at radius 3 is 2.63 bits per heavy atom. The van der Waals surface area contributed by atoms with E-state index < -0.39 is 0 Å². The Morgan fingerprint density at radius 1 is 1.32 bits per heavy atom. The normalized spacial score (nSPS) is 11.4. The molecular formula is C15H18N2OS. The monoisotopic (exact) mass is 274 g/mol. The minimum absolute atomic E-state index is 0.0615. The van der Waals surface area contributed by atoms with Gasteiger partial charge >= 0.3 is 0 Å². The fraction of sp³-hybridized carbons (Fsp3) is 0.333. The molecule has 0 unspecified atom stereocenters. The van der Waals surface area contributed by atoms with Gasteiger partial charge in [-0.2, -0.15) is 0 Å². The van der Waals surface area contributed by atoms with E-state index in [-0.39, 0.29) is 11.3 Å². The van der Waals surface area contributed by atoms with Crippen LogP contribution in [0.25, 0.3) is 0 Å². The van der Waals surface area contributed by atoms with Gasteiger partial charge in [-0.1, -0.05) is 32.9 Å². The summed E-state index contributed by atoms with van der Waals surface area (Å²) in [5, 5.41) is 5.22. The van der Waals surface area contributed by atoms with Gasteiger partial charge in [0.15, 0.2) is 5.01 Å². The van der Waals surface area contributed by atoms with E-state index in [0.29, 0.717) is 5.01 Å². The summed E-state index contributed by atoms with van der Waals surface area (Å²) < 4.78 is 0. The topological polar surface area (TPSA) is 42.0 Å². The maximum absolute atomic E-state index is 12.0. The van der Waals surface area contributed by atoms with Crippen LogP contribution in [0.2, 0.25) is 0 Å². The first-order chi connectivity index (χ1) is 8.89. The summed E-state index contributed by atoms with van der Waals surface area (Å²) in [6.07, 6.45) is 1.64. The number of anilines is 1. The molecular weight excluding hydrogens is 256 g/mol. The molecule has 2 aromatic rings. The van der Waals surface area contributed by atoms with Crippen molar-refractivity contribution in [1.29, 1.82) is 0 Å². The van der Waals surface area contributed by atoms with Crippen LogP contribution in [0.1, 0.15) is 41.7 Å². The second kappa shape index (κ2) is 5.13. The van der Waals surface area contributed by atoms with E-state index in [1.165, 1.54) is 16.9 Å². The Labute approximate surface area is 117 Å². The summed E-state index contributed by atoms with van der Waals surface area (Å²) in [7, 11) is 0. The largest absolute Gasteiger partial charge is 0.320 e. The molecule has 0 radical (unpaired) electrons. The first-order valence-corrected chi connectivity index (χ1v) is 7.08. The number of aromatic nitrogens is 1. The van der Waals surface area contributed by atoms with Gasteiger partial charge in [0.05, 0.1) is 0 Å². The Morgan fingerprint density at radius 2 is 2.05 bits per heavy atom. The zero-order chi connectivity index (χ0) is 14.0. The summed E-state index contributed by atoms with van der Waals surface area (Å²) in [5.74, 6) is -0.149. The van der Waals surface area contributed by atoms with E-state index in [0.717, 1.165) is 11.3 Å². The Bertz CT molecular complexity index is 583. The number of hydrogen-bond acceptors (Lipinski definition) is 3. The Kier molecular flexibility index (Phi) is 3.71. The van der Waals surface area contributed by atoms with E-state index in [4.69, 9.17) is 0 Å². The second-order valence-electron chi connectivity index (χ2n) is 5.52. The number of nitrogens with one attached hydrogen (secondary N) is 1. The van der Waals surface area contributed by atoms with Gasteiger partial charge in [-0.05, 0) is 29.5 Å². The van der Waals surface area contributed by atoms with Gasteiger partial charge in [-0.3, -0.25) is 4.79 Å². The fourth-order valence-corrected chi connectivity index (χ4v) is 2.63. The van der Waals surface area contributed by atoms with Gasteiger partial charge in [0.2, 0.25) is 0 Å². The molecule has 0 atom stereocenters. The zero-order valence-electron chi connectivity index (χ0n) is 11.7. The van der Waals surface area contributed by atoms with Crippen LogP contribution in [0.3, 0.4) is 0 Å². The molecule has 0 saturated heterocycles. The summed E-state index contributed by atoms with van der Waals surface area (Å²) in [5.41, 5.74) is 3.27. The van der Waals surface area contributed by atoms with Crippen LogP contribution in [0.4, 0.5) is 5.69 Å². The molecule has 1 amide bonds. The van der Waals surface area contributed by atoms with Crippen LogP contribution in [0, 0.1) is 6.92 Å². The number of benzene rings is 1. The number of carbonyl (C=O) groups is 1. The quantitative estimate of drug-likeness (QED) is 0.899. The van der Waals surface area contributed by atoms with Gasteiger partial charge in [0, 0.05) is 17.3 Å². The van der Waals surface area contributed by atoms with E-state index in [1.807, 2.05) is 19.1 Å². The molecule has 3 nitrogen and oxygen atoms in total. The number of thiazole rings is 1. The second-order valence-corrected chi connectivity index (χ2v) is 6.41. The third kappa shape index (κ3) is 3.01. The van der Waals surface area contributed by atoms with E-state index in [9.17, 15) is 4.79 Å². The third-order valence-electron chi connectivity index (χ3n) is 3.02. The number of rotatable bonds is 2. The van der Waals surface area contributed by atoms with Gasteiger partial charge in [-0.15, -0.1) is 11.3 Å². The molecule has 1 aromatic carbocycles. The number of amides is 1. The molecule has 100 valence electrons. The summed E-state index contributed by atoms with van der Waals surface area (Å²) in [6.45, 7) is 8.54. The molecule has 0 aliphatic rings. The maximum atomic E-state index is 12.0. The molecule has 19 heavy (non-hydrogen) atoms. The van der Waals surface area contributed by atoms with Crippen molar-refractivity contribution in [2.45, 2.75) is 33.1 Å². The van der Waals surface area contributed by atoms with Crippen molar-refractivity contribution >= 4 is 22.9 Å². The number of hydrogen-bond donors (Lipinski definition) is 1. The van der Waals surface area contributed by atoms with Crippen LogP contribution >= 0.6 is 11.3 Å². The molecule has 0 bridgehead atoms. The lowest BCUT2D eigenvalue weighted by Crippen LogP contribution is -2.17. The molecule has 1 aromatic heterocycles. The molecule has 0 aliphatic heterocycles. The Hall–Kier alpha value is -1.68. The van der Waals surface area contributed by atoms with E-state index >= 15 is 0 Å². The predicted molar refractivity (Wildman–Crippen MR) is 79.9 cm³/mol. The average Bonchev–Trinajstić information content (AvgIpc) is 2.83. The summed E-state index contributed by atoms with van der Waals surface area (Å²) >= 11 is 1.34. The average molecular weight is 274 g/mol.